The Bertz CT molecular complexity index is 733. The lowest BCUT2D eigenvalue weighted by molar-refractivity contribution is -0.136. The summed E-state index contributed by atoms with van der Waals surface area (Å²) in [5.41, 5.74) is 5.21. The van der Waals surface area contributed by atoms with E-state index in [9.17, 15) is 13.2 Å². The van der Waals surface area contributed by atoms with E-state index < -0.39 is 11.7 Å². The number of rotatable bonds is 4. The summed E-state index contributed by atoms with van der Waals surface area (Å²) in [5.74, 6) is 0.00797. The smallest absolute Gasteiger partial charge is 0.372 e. The number of aromatic nitrogens is 4. The molecule has 23 heavy (non-hydrogen) atoms. The van der Waals surface area contributed by atoms with Crippen molar-refractivity contribution in [1.29, 1.82) is 0 Å². The monoisotopic (exact) mass is 326 g/mol. The van der Waals surface area contributed by atoms with Crippen molar-refractivity contribution in [3.63, 3.8) is 0 Å². The van der Waals surface area contributed by atoms with Crippen molar-refractivity contribution < 1.29 is 13.2 Å². The molecule has 124 valence electrons. The minimum absolute atomic E-state index is 0.216. The Kier molecular flexibility index (Phi) is 3.65. The summed E-state index contributed by atoms with van der Waals surface area (Å²) in [6.45, 7) is 2.37. The number of hydrogen-bond donors (Lipinski definition) is 2. The molecule has 0 aliphatic heterocycles. The lowest BCUT2D eigenvalue weighted by atomic mass is 10.1. The van der Waals surface area contributed by atoms with Crippen molar-refractivity contribution in [2.24, 2.45) is 5.92 Å². The van der Waals surface area contributed by atoms with Crippen LogP contribution in [0.2, 0.25) is 0 Å². The van der Waals surface area contributed by atoms with E-state index in [-0.39, 0.29) is 17.5 Å². The number of aryl methyl sites for hydroxylation is 1. The van der Waals surface area contributed by atoms with Crippen molar-refractivity contribution in [2.75, 3.05) is 18.1 Å². The minimum atomic E-state index is -4.60. The van der Waals surface area contributed by atoms with Crippen molar-refractivity contribution in [3.8, 4) is 11.3 Å². The molecule has 9 heteroatoms. The summed E-state index contributed by atoms with van der Waals surface area (Å²) in [4.78, 5) is 7.49. The van der Waals surface area contributed by atoms with Gasteiger partial charge in [-0.05, 0) is 25.7 Å². The molecule has 0 spiro atoms. The molecule has 0 amide bonds. The number of halogens is 3. The van der Waals surface area contributed by atoms with E-state index in [1.54, 1.807) is 17.8 Å². The van der Waals surface area contributed by atoms with Crippen molar-refractivity contribution in [3.05, 3.63) is 17.5 Å². The van der Waals surface area contributed by atoms with Gasteiger partial charge in [0, 0.05) is 25.4 Å². The fraction of sp³-hybridized carbons (Fsp3) is 0.500. The summed E-state index contributed by atoms with van der Waals surface area (Å²) in [6.07, 6.45) is -0.741. The second-order valence-corrected chi connectivity index (χ2v) is 5.70. The molecule has 2 heterocycles. The van der Waals surface area contributed by atoms with E-state index in [1.807, 2.05) is 0 Å². The summed E-state index contributed by atoms with van der Waals surface area (Å²) in [6, 6.07) is 0. The first-order chi connectivity index (χ1) is 10.8. The van der Waals surface area contributed by atoms with Crippen LogP contribution in [0.15, 0.2) is 6.20 Å². The number of nitrogen functional groups attached to an aromatic ring is 1. The van der Waals surface area contributed by atoms with Gasteiger partial charge in [-0.2, -0.15) is 23.3 Å². The standard InChI is InChI=1S/C14H17F3N6/c1-7-9(6-23(22-7)5-8-3-4-8)11-10(14(15,16)17)12(19-2)21-13(18)20-11/h6,8H,3-5H2,1-2H3,(H3,18,19,20,21). The third-order valence-corrected chi connectivity index (χ3v) is 3.79. The van der Waals surface area contributed by atoms with Crippen LogP contribution in [-0.2, 0) is 12.7 Å². The Morgan fingerprint density at radius 3 is 2.61 bits per heavy atom. The first-order valence-electron chi connectivity index (χ1n) is 7.26. The summed E-state index contributed by atoms with van der Waals surface area (Å²) in [5, 5.41) is 6.75. The molecule has 3 N–H and O–H groups in total. The number of nitrogens with one attached hydrogen (secondary N) is 1. The molecule has 0 atom stereocenters. The number of nitrogens with zero attached hydrogens (tertiary/aromatic N) is 4. The molecule has 1 aliphatic carbocycles. The maximum Gasteiger partial charge on any atom is 0.422 e. The minimum Gasteiger partial charge on any atom is -0.372 e. The van der Waals surface area contributed by atoms with Crippen LogP contribution in [0.25, 0.3) is 11.3 Å². The van der Waals surface area contributed by atoms with Gasteiger partial charge in [0.05, 0.1) is 11.4 Å². The second kappa shape index (κ2) is 5.39. The van der Waals surface area contributed by atoms with E-state index >= 15 is 0 Å². The highest BCUT2D eigenvalue weighted by molar-refractivity contribution is 5.72. The van der Waals surface area contributed by atoms with E-state index in [1.165, 1.54) is 7.05 Å². The highest BCUT2D eigenvalue weighted by atomic mass is 19.4. The van der Waals surface area contributed by atoms with Crippen LogP contribution in [0.4, 0.5) is 24.9 Å². The van der Waals surface area contributed by atoms with E-state index in [0.717, 1.165) is 12.8 Å². The van der Waals surface area contributed by atoms with Crippen molar-refractivity contribution >= 4 is 11.8 Å². The van der Waals surface area contributed by atoms with E-state index in [4.69, 9.17) is 5.73 Å². The fourth-order valence-corrected chi connectivity index (χ4v) is 2.53. The molecule has 0 unspecified atom stereocenters. The SMILES string of the molecule is CNc1nc(N)nc(-c2cn(CC3CC3)nc2C)c1C(F)(F)F. The number of hydrogen-bond acceptors (Lipinski definition) is 5. The average molecular weight is 326 g/mol. The quantitative estimate of drug-likeness (QED) is 0.903. The Morgan fingerprint density at radius 2 is 2.04 bits per heavy atom. The van der Waals surface area contributed by atoms with Crippen LogP contribution >= 0.6 is 0 Å². The molecular weight excluding hydrogens is 309 g/mol. The molecule has 0 radical (unpaired) electrons. The van der Waals surface area contributed by atoms with Crippen LogP contribution in [-0.4, -0.2) is 26.8 Å². The van der Waals surface area contributed by atoms with Crippen LogP contribution in [0.3, 0.4) is 0 Å². The molecule has 1 fully saturated rings. The normalized spacial score (nSPS) is 15.0. The predicted molar refractivity (Wildman–Crippen MR) is 79.7 cm³/mol. The van der Waals surface area contributed by atoms with Gasteiger partial charge in [-0.1, -0.05) is 0 Å². The van der Waals surface area contributed by atoms with Gasteiger partial charge in [0.25, 0.3) is 0 Å². The third-order valence-electron chi connectivity index (χ3n) is 3.79. The maximum atomic E-state index is 13.5. The molecule has 6 nitrogen and oxygen atoms in total. The molecule has 1 saturated carbocycles. The predicted octanol–water partition coefficient (Wildman–Crippen LogP) is 2.70. The van der Waals surface area contributed by atoms with Gasteiger partial charge in [0.1, 0.15) is 11.4 Å². The van der Waals surface area contributed by atoms with Crippen LogP contribution in [0.5, 0.6) is 0 Å². The number of anilines is 2. The molecule has 0 aromatic carbocycles. The summed E-state index contributed by atoms with van der Waals surface area (Å²) in [7, 11) is 1.37. The zero-order chi connectivity index (χ0) is 16.8. The van der Waals surface area contributed by atoms with Gasteiger partial charge in [0.15, 0.2) is 0 Å². The largest absolute Gasteiger partial charge is 0.422 e. The Hall–Kier alpha value is -2.32. The van der Waals surface area contributed by atoms with Crippen LogP contribution < -0.4 is 11.1 Å². The highest BCUT2D eigenvalue weighted by Gasteiger charge is 2.39. The van der Waals surface area contributed by atoms with E-state index in [0.29, 0.717) is 23.7 Å². The highest BCUT2D eigenvalue weighted by Crippen LogP contribution is 2.41. The van der Waals surface area contributed by atoms with E-state index in [2.05, 4.69) is 20.4 Å². The number of nitrogens with two attached hydrogens (primary N) is 1. The van der Waals surface area contributed by atoms with Crippen molar-refractivity contribution in [2.45, 2.75) is 32.5 Å². The van der Waals surface area contributed by atoms with Gasteiger partial charge in [0.2, 0.25) is 5.95 Å². The Balaban J connectivity index is 2.14. The molecule has 0 bridgehead atoms. The van der Waals surface area contributed by atoms with Gasteiger partial charge in [-0.25, -0.2) is 4.98 Å². The fourth-order valence-electron chi connectivity index (χ4n) is 2.53. The Morgan fingerprint density at radius 1 is 1.35 bits per heavy atom. The molecule has 2 aromatic rings. The van der Waals surface area contributed by atoms with Gasteiger partial charge in [-0.3, -0.25) is 4.68 Å². The lowest BCUT2D eigenvalue weighted by Gasteiger charge is -2.15. The lowest BCUT2D eigenvalue weighted by Crippen LogP contribution is -2.15. The maximum absolute atomic E-state index is 13.5. The molecular formula is C14H17F3N6. The zero-order valence-corrected chi connectivity index (χ0v) is 12.8. The molecule has 3 rings (SSSR count). The Labute approximate surface area is 130 Å². The third kappa shape index (κ3) is 3.08. The molecule has 1 aliphatic rings. The van der Waals surface area contributed by atoms with Gasteiger partial charge >= 0.3 is 6.18 Å². The topological polar surface area (TPSA) is 81.6 Å². The molecule has 0 saturated heterocycles. The second-order valence-electron chi connectivity index (χ2n) is 5.70. The molecule has 2 aromatic heterocycles. The zero-order valence-electron chi connectivity index (χ0n) is 12.8. The van der Waals surface area contributed by atoms with Gasteiger partial charge in [-0.15, -0.1) is 0 Å². The first kappa shape index (κ1) is 15.6. The summed E-state index contributed by atoms with van der Waals surface area (Å²) < 4.78 is 42.1. The number of alkyl halides is 3. The van der Waals surface area contributed by atoms with Gasteiger partial charge < -0.3 is 11.1 Å². The first-order valence-corrected chi connectivity index (χ1v) is 7.26. The van der Waals surface area contributed by atoms with Crippen molar-refractivity contribution in [1.82, 2.24) is 19.7 Å². The van der Waals surface area contributed by atoms with Crippen LogP contribution in [0, 0.1) is 12.8 Å². The average Bonchev–Trinajstić information content (AvgIpc) is 3.18. The van der Waals surface area contributed by atoms with Crippen LogP contribution in [0.1, 0.15) is 24.1 Å². The summed E-state index contributed by atoms with van der Waals surface area (Å²) >= 11 is 0.